The number of ether oxygens (including phenoxy) is 2. The zero-order valence-electron chi connectivity index (χ0n) is 12.5. The molecule has 5 heteroatoms. The average molecular weight is 278 g/mol. The van der Waals surface area contributed by atoms with Crippen molar-refractivity contribution < 1.29 is 14.3 Å². The van der Waals surface area contributed by atoms with Crippen molar-refractivity contribution in [3.8, 4) is 11.5 Å². The molecule has 0 aliphatic carbocycles. The maximum absolute atomic E-state index is 11.6. The van der Waals surface area contributed by atoms with Crippen LogP contribution in [-0.2, 0) is 4.79 Å². The number of rotatable bonds is 7. The van der Waals surface area contributed by atoms with Gasteiger partial charge in [-0.1, -0.05) is 13.8 Å². The predicted octanol–water partition coefficient (Wildman–Crippen LogP) is 2.61. The van der Waals surface area contributed by atoms with Crippen LogP contribution < -0.4 is 14.9 Å². The van der Waals surface area contributed by atoms with Crippen molar-refractivity contribution in [1.82, 2.24) is 5.43 Å². The Labute approximate surface area is 120 Å². The molecule has 0 radical (unpaired) electrons. The van der Waals surface area contributed by atoms with Gasteiger partial charge >= 0.3 is 0 Å². The molecule has 0 bridgehead atoms. The average Bonchev–Trinajstić information content (AvgIpc) is 2.50. The molecule has 0 saturated heterocycles. The highest BCUT2D eigenvalue weighted by Crippen LogP contribution is 2.16. The number of hydrazone groups is 1. The largest absolute Gasteiger partial charge is 0.497 e. The van der Waals surface area contributed by atoms with Gasteiger partial charge in [-0.15, -0.1) is 0 Å². The molecular formula is C15H22N2O3. The highest BCUT2D eigenvalue weighted by Gasteiger charge is 2.05. The van der Waals surface area contributed by atoms with Crippen LogP contribution in [0.1, 0.15) is 27.2 Å². The summed E-state index contributed by atoms with van der Waals surface area (Å²) in [4.78, 5) is 11.6. The van der Waals surface area contributed by atoms with Crippen LogP contribution in [-0.4, -0.2) is 25.3 Å². The van der Waals surface area contributed by atoms with Crippen LogP contribution in [0.15, 0.2) is 29.4 Å². The van der Waals surface area contributed by atoms with Crippen molar-refractivity contribution >= 4 is 11.6 Å². The molecule has 1 atom stereocenters. The lowest BCUT2D eigenvalue weighted by Crippen LogP contribution is -2.26. The van der Waals surface area contributed by atoms with Crippen molar-refractivity contribution in [2.45, 2.75) is 27.2 Å². The number of carbonyl (C=O) groups is 1. The van der Waals surface area contributed by atoms with E-state index in [9.17, 15) is 4.79 Å². The van der Waals surface area contributed by atoms with E-state index in [-0.39, 0.29) is 12.5 Å². The fraction of sp³-hybridized carbons (Fsp3) is 0.467. The third kappa shape index (κ3) is 5.30. The lowest BCUT2D eigenvalue weighted by atomic mass is 10.1. The number of hydrogen-bond acceptors (Lipinski definition) is 4. The molecule has 1 aromatic carbocycles. The molecule has 1 aromatic rings. The number of amides is 1. The molecule has 0 aromatic heterocycles. The molecule has 0 spiro atoms. The minimum absolute atomic E-state index is 0.0659. The Morgan fingerprint density at radius 3 is 2.45 bits per heavy atom. The molecular weight excluding hydrogens is 256 g/mol. The zero-order valence-corrected chi connectivity index (χ0v) is 12.5. The van der Waals surface area contributed by atoms with E-state index in [1.54, 1.807) is 31.4 Å². The SMILES string of the molecule is CC[C@H](C)/C(C)=N\NC(=O)COc1ccc(OC)cc1. The second kappa shape index (κ2) is 8.19. The fourth-order valence-electron chi connectivity index (χ4n) is 1.41. The second-order valence-electron chi connectivity index (χ2n) is 4.56. The second-order valence-corrected chi connectivity index (χ2v) is 4.56. The normalized spacial score (nSPS) is 12.7. The summed E-state index contributed by atoms with van der Waals surface area (Å²) in [5.74, 6) is 1.44. The molecule has 0 aliphatic rings. The van der Waals surface area contributed by atoms with Gasteiger partial charge < -0.3 is 9.47 Å². The minimum Gasteiger partial charge on any atom is -0.497 e. The van der Waals surface area contributed by atoms with Gasteiger partial charge in [-0.25, -0.2) is 5.43 Å². The third-order valence-electron chi connectivity index (χ3n) is 3.11. The molecule has 110 valence electrons. The van der Waals surface area contributed by atoms with Gasteiger partial charge in [0.25, 0.3) is 5.91 Å². The van der Waals surface area contributed by atoms with Crippen LogP contribution in [0.5, 0.6) is 11.5 Å². The maximum atomic E-state index is 11.6. The summed E-state index contributed by atoms with van der Waals surface area (Å²) in [6.07, 6.45) is 0.994. The first-order valence-electron chi connectivity index (χ1n) is 6.66. The quantitative estimate of drug-likeness (QED) is 0.616. The number of hydrogen-bond donors (Lipinski definition) is 1. The molecule has 0 saturated carbocycles. The zero-order chi connectivity index (χ0) is 15.0. The van der Waals surface area contributed by atoms with Gasteiger partial charge in [0, 0.05) is 5.71 Å². The Morgan fingerprint density at radius 2 is 1.90 bits per heavy atom. The monoisotopic (exact) mass is 278 g/mol. The van der Waals surface area contributed by atoms with Crippen molar-refractivity contribution in [2.24, 2.45) is 11.0 Å². The Bertz CT molecular complexity index is 455. The highest BCUT2D eigenvalue weighted by molar-refractivity contribution is 5.86. The van der Waals surface area contributed by atoms with Gasteiger partial charge in [0.2, 0.25) is 0 Å². The first-order valence-corrected chi connectivity index (χ1v) is 6.66. The Morgan fingerprint density at radius 1 is 1.30 bits per heavy atom. The summed E-state index contributed by atoms with van der Waals surface area (Å²) >= 11 is 0. The van der Waals surface area contributed by atoms with Crippen LogP contribution in [0.2, 0.25) is 0 Å². The minimum atomic E-state index is -0.275. The van der Waals surface area contributed by atoms with Gasteiger partial charge in [0.15, 0.2) is 6.61 Å². The van der Waals surface area contributed by atoms with Crippen molar-refractivity contribution in [2.75, 3.05) is 13.7 Å². The molecule has 0 unspecified atom stereocenters. The van der Waals surface area contributed by atoms with E-state index in [2.05, 4.69) is 24.4 Å². The van der Waals surface area contributed by atoms with Gasteiger partial charge in [-0.2, -0.15) is 5.10 Å². The van der Waals surface area contributed by atoms with Crippen LogP contribution in [0.3, 0.4) is 0 Å². The Kier molecular flexibility index (Phi) is 6.56. The van der Waals surface area contributed by atoms with E-state index >= 15 is 0 Å². The van der Waals surface area contributed by atoms with Crippen molar-refractivity contribution in [3.05, 3.63) is 24.3 Å². The summed E-state index contributed by atoms with van der Waals surface area (Å²) in [7, 11) is 1.60. The van der Waals surface area contributed by atoms with E-state index in [0.717, 1.165) is 17.9 Å². The van der Waals surface area contributed by atoms with E-state index in [0.29, 0.717) is 11.7 Å². The van der Waals surface area contributed by atoms with Gasteiger partial charge in [-0.3, -0.25) is 4.79 Å². The lowest BCUT2D eigenvalue weighted by molar-refractivity contribution is -0.123. The number of carbonyl (C=O) groups excluding carboxylic acids is 1. The van der Waals surface area contributed by atoms with E-state index in [4.69, 9.17) is 9.47 Å². The fourth-order valence-corrected chi connectivity index (χ4v) is 1.41. The third-order valence-corrected chi connectivity index (χ3v) is 3.11. The van der Waals surface area contributed by atoms with Crippen molar-refractivity contribution in [1.29, 1.82) is 0 Å². The summed E-state index contributed by atoms with van der Waals surface area (Å²) in [6, 6.07) is 7.05. The molecule has 1 rings (SSSR count). The predicted molar refractivity (Wildman–Crippen MR) is 79.2 cm³/mol. The lowest BCUT2D eigenvalue weighted by Gasteiger charge is -2.09. The first-order chi connectivity index (χ1) is 9.56. The van der Waals surface area contributed by atoms with Crippen LogP contribution in [0.4, 0.5) is 0 Å². The molecule has 0 aliphatic heterocycles. The topological polar surface area (TPSA) is 59.9 Å². The van der Waals surface area contributed by atoms with Gasteiger partial charge in [0.05, 0.1) is 7.11 Å². The summed E-state index contributed by atoms with van der Waals surface area (Å²) < 4.78 is 10.4. The standard InChI is InChI=1S/C15H22N2O3/c1-5-11(2)12(3)16-17-15(18)10-20-14-8-6-13(19-4)7-9-14/h6-9,11H,5,10H2,1-4H3,(H,17,18)/b16-12-/t11-/m0/s1. The Balaban J connectivity index is 2.39. The summed E-state index contributed by atoms with van der Waals surface area (Å²) in [5, 5.41) is 4.05. The van der Waals surface area contributed by atoms with Crippen LogP contribution in [0, 0.1) is 5.92 Å². The molecule has 1 amide bonds. The Hall–Kier alpha value is -2.04. The highest BCUT2D eigenvalue weighted by atomic mass is 16.5. The number of nitrogens with one attached hydrogen (secondary N) is 1. The van der Waals surface area contributed by atoms with E-state index in [1.165, 1.54) is 0 Å². The first kappa shape index (κ1) is 16.0. The van der Waals surface area contributed by atoms with Crippen LogP contribution in [0.25, 0.3) is 0 Å². The smallest absolute Gasteiger partial charge is 0.277 e. The molecule has 1 N–H and O–H groups in total. The summed E-state index contributed by atoms with van der Waals surface area (Å²) in [5.41, 5.74) is 3.40. The van der Waals surface area contributed by atoms with E-state index in [1.807, 2.05) is 6.92 Å². The molecule has 20 heavy (non-hydrogen) atoms. The maximum Gasteiger partial charge on any atom is 0.277 e. The van der Waals surface area contributed by atoms with Gasteiger partial charge in [0.1, 0.15) is 11.5 Å². The number of methoxy groups -OCH3 is 1. The van der Waals surface area contributed by atoms with Crippen molar-refractivity contribution in [3.63, 3.8) is 0 Å². The number of benzene rings is 1. The van der Waals surface area contributed by atoms with Crippen LogP contribution >= 0.6 is 0 Å². The molecule has 0 heterocycles. The summed E-state index contributed by atoms with van der Waals surface area (Å²) in [6.45, 7) is 5.99. The molecule has 5 nitrogen and oxygen atoms in total. The molecule has 0 fully saturated rings. The van der Waals surface area contributed by atoms with Gasteiger partial charge in [-0.05, 0) is 43.5 Å². The van der Waals surface area contributed by atoms with E-state index < -0.39 is 0 Å². The number of nitrogens with zero attached hydrogens (tertiary/aromatic N) is 1.